The van der Waals surface area contributed by atoms with Gasteiger partial charge in [-0.1, -0.05) is 0 Å². The van der Waals surface area contributed by atoms with Crippen LogP contribution in [-0.2, 0) is 7.05 Å². The summed E-state index contributed by atoms with van der Waals surface area (Å²) in [5.74, 6) is 1.42. The summed E-state index contributed by atoms with van der Waals surface area (Å²) < 4.78 is 7.78. The number of pyridine rings is 1. The Kier molecular flexibility index (Phi) is 4.61. The first-order valence-corrected chi connectivity index (χ1v) is 8.14. The van der Waals surface area contributed by atoms with Gasteiger partial charge in [-0.2, -0.15) is 5.26 Å². The van der Waals surface area contributed by atoms with E-state index in [4.69, 9.17) is 10.00 Å². The number of aryl methyl sites for hydroxylation is 1. The molecule has 25 heavy (non-hydrogen) atoms. The first-order valence-electron chi connectivity index (χ1n) is 8.14. The molecule has 7 nitrogen and oxygen atoms in total. The van der Waals surface area contributed by atoms with E-state index in [2.05, 4.69) is 11.1 Å². The lowest BCUT2D eigenvalue weighted by atomic mass is 10.3. The number of hydrogen-bond acceptors (Lipinski definition) is 5. The van der Waals surface area contributed by atoms with Crippen LogP contribution in [0.2, 0.25) is 0 Å². The number of carbonyl (C=O) groups is 1. The molecule has 0 spiro atoms. The molecule has 2 aromatic rings. The largest absolute Gasteiger partial charge is 0.485 e. The molecular weight excluding hydrogens is 318 g/mol. The SMILES string of the molecule is CN(C)c1ncccc1OC1CCN(C(=O)c2cc(C#N)cn2C)C1. The lowest BCUT2D eigenvalue weighted by Crippen LogP contribution is -2.32. The van der Waals surface area contributed by atoms with Crippen molar-refractivity contribution in [1.82, 2.24) is 14.5 Å². The van der Waals surface area contributed by atoms with E-state index in [0.717, 1.165) is 18.0 Å². The van der Waals surface area contributed by atoms with E-state index in [1.165, 1.54) is 0 Å². The summed E-state index contributed by atoms with van der Waals surface area (Å²) in [5, 5.41) is 8.98. The average Bonchev–Trinajstić information content (AvgIpc) is 3.21. The van der Waals surface area contributed by atoms with E-state index in [1.54, 1.807) is 35.0 Å². The minimum atomic E-state index is -0.0749. The van der Waals surface area contributed by atoms with Gasteiger partial charge in [0.25, 0.3) is 5.91 Å². The molecule has 130 valence electrons. The van der Waals surface area contributed by atoms with Crippen LogP contribution in [-0.4, -0.2) is 53.6 Å². The monoisotopic (exact) mass is 339 g/mol. The lowest BCUT2D eigenvalue weighted by Gasteiger charge is -2.20. The summed E-state index contributed by atoms with van der Waals surface area (Å²) in [6, 6.07) is 7.42. The van der Waals surface area contributed by atoms with Crippen LogP contribution in [0.5, 0.6) is 5.75 Å². The van der Waals surface area contributed by atoms with E-state index in [1.807, 2.05) is 31.1 Å². The third-order valence-electron chi connectivity index (χ3n) is 4.25. The number of nitrogens with zero attached hydrogens (tertiary/aromatic N) is 5. The molecule has 2 aromatic heterocycles. The van der Waals surface area contributed by atoms with E-state index >= 15 is 0 Å². The molecule has 7 heteroatoms. The second kappa shape index (κ2) is 6.85. The highest BCUT2D eigenvalue weighted by Gasteiger charge is 2.30. The maximum atomic E-state index is 12.7. The summed E-state index contributed by atoms with van der Waals surface area (Å²) in [6.07, 6.45) is 4.09. The molecular formula is C18H21N5O2. The van der Waals surface area contributed by atoms with Crippen molar-refractivity contribution in [1.29, 1.82) is 5.26 Å². The normalized spacial score (nSPS) is 16.6. The van der Waals surface area contributed by atoms with Crippen molar-refractivity contribution >= 4 is 11.7 Å². The summed E-state index contributed by atoms with van der Waals surface area (Å²) in [4.78, 5) is 20.7. The second-order valence-electron chi connectivity index (χ2n) is 6.34. The van der Waals surface area contributed by atoms with Crippen molar-refractivity contribution in [2.45, 2.75) is 12.5 Å². The lowest BCUT2D eigenvalue weighted by molar-refractivity contribution is 0.0763. The highest BCUT2D eigenvalue weighted by Crippen LogP contribution is 2.27. The van der Waals surface area contributed by atoms with Gasteiger partial charge in [0.05, 0.1) is 12.1 Å². The van der Waals surface area contributed by atoms with Crippen LogP contribution >= 0.6 is 0 Å². The molecule has 3 rings (SSSR count). The number of nitriles is 1. The molecule has 0 saturated carbocycles. The van der Waals surface area contributed by atoms with E-state index in [9.17, 15) is 4.79 Å². The summed E-state index contributed by atoms with van der Waals surface area (Å²) >= 11 is 0. The minimum absolute atomic E-state index is 0.0671. The number of carbonyl (C=O) groups excluding carboxylic acids is 1. The summed E-state index contributed by atoms with van der Waals surface area (Å²) in [5.41, 5.74) is 1.01. The molecule has 0 aliphatic carbocycles. The van der Waals surface area contributed by atoms with Gasteiger partial charge in [-0.3, -0.25) is 4.79 Å². The Balaban J connectivity index is 1.69. The van der Waals surface area contributed by atoms with Gasteiger partial charge in [0.2, 0.25) is 0 Å². The van der Waals surface area contributed by atoms with E-state index in [0.29, 0.717) is 24.3 Å². The van der Waals surface area contributed by atoms with Crippen LogP contribution in [0.3, 0.4) is 0 Å². The van der Waals surface area contributed by atoms with Crippen LogP contribution in [0.1, 0.15) is 22.5 Å². The van der Waals surface area contributed by atoms with Crippen LogP contribution in [0, 0.1) is 11.3 Å². The maximum absolute atomic E-state index is 12.7. The number of ether oxygens (including phenoxy) is 1. The predicted octanol–water partition coefficient (Wildman–Crippen LogP) is 1.65. The van der Waals surface area contributed by atoms with Crippen molar-refractivity contribution in [2.24, 2.45) is 7.05 Å². The van der Waals surface area contributed by atoms with Crippen molar-refractivity contribution < 1.29 is 9.53 Å². The fourth-order valence-corrected chi connectivity index (χ4v) is 3.00. The Morgan fingerprint density at radius 2 is 2.28 bits per heavy atom. The fourth-order valence-electron chi connectivity index (χ4n) is 3.00. The molecule has 1 aliphatic heterocycles. The van der Waals surface area contributed by atoms with Gasteiger partial charge in [0, 0.05) is 46.5 Å². The molecule has 0 aromatic carbocycles. The van der Waals surface area contributed by atoms with Crippen LogP contribution in [0.25, 0.3) is 0 Å². The topological polar surface area (TPSA) is 74.4 Å². The molecule has 1 aliphatic rings. The highest BCUT2D eigenvalue weighted by atomic mass is 16.5. The fraction of sp³-hybridized carbons (Fsp3) is 0.389. The van der Waals surface area contributed by atoms with Gasteiger partial charge in [0.1, 0.15) is 17.9 Å². The van der Waals surface area contributed by atoms with Gasteiger partial charge < -0.3 is 19.1 Å². The smallest absolute Gasteiger partial charge is 0.270 e. The molecule has 0 bridgehead atoms. The second-order valence-corrected chi connectivity index (χ2v) is 6.34. The van der Waals surface area contributed by atoms with Crippen molar-refractivity contribution in [3.05, 3.63) is 41.9 Å². The molecule has 1 unspecified atom stereocenters. The molecule has 3 heterocycles. The van der Waals surface area contributed by atoms with Gasteiger partial charge >= 0.3 is 0 Å². The third kappa shape index (κ3) is 3.43. The van der Waals surface area contributed by atoms with E-state index in [-0.39, 0.29) is 12.0 Å². The zero-order chi connectivity index (χ0) is 18.0. The number of rotatable bonds is 4. The number of hydrogen-bond donors (Lipinski definition) is 0. The molecule has 1 saturated heterocycles. The van der Waals surface area contributed by atoms with Crippen LogP contribution in [0.15, 0.2) is 30.6 Å². The summed E-state index contributed by atoms with van der Waals surface area (Å²) in [7, 11) is 5.61. The predicted molar refractivity (Wildman–Crippen MR) is 93.6 cm³/mol. The number of aromatic nitrogens is 2. The zero-order valence-corrected chi connectivity index (χ0v) is 14.6. The quantitative estimate of drug-likeness (QED) is 0.847. The Morgan fingerprint density at radius 3 is 2.96 bits per heavy atom. The zero-order valence-electron chi connectivity index (χ0n) is 14.6. The van der Waals surface area contributed by atoms with Gasteiger partial charge in [-0.05, 0) is 18.2 Å². The van der Waals surface area contributed by atoms with E-state index < -0.39 is 0 Å². The maximum Gasteiger partial charge on any atom is 0.270 e. The number of likely N-dealkylation sites (tertiary alicyclic amines) is 1. The molecule has 1 atom stereocenters. The minimum Gasteiger partial charge on any atom is -0.485 e. The number of amides is 1. The summed E-state index contributed by atoms with van der Waals surface area (Å²) in [6.45, 7) is 1.15. The first-order chi connectivity index (χ1) is 12.0. The third-order valence-corrected chi connectivity index (χ3v) is 4.25. The van der Waals surface area contributed by atoms with Crippen LogP contribution < -0.4 is 9.64 Å². The van der Waals surface area contributed by atoms with Crippen LogP contribution in [0.4, 0.5) is 5.82 Å². The Hall–Kier alpha value is -3.01. The average molecular weight is 339 g/mol. The molecule has 0 N–H and O–H groups in total. The van der Waals surface area contributed by atoms with Gasteiger partial charge in [-0.25, -0.2) is 4.98 Å². The standard InChI is InChI=1S/C18H21N5O2/c1-21(2)17-16(5-4-7-20-17)25-14-6-8-23(12-14)18(24)15-9-13(10-19)11-22(15)3/h4-5,7,9,11,14H,6,8,12H2,1-3H3. The first kappa shape index (κ1) is 16.8. The molecule has 1 amide bonds. The Bertz CT molecular complexity index is 821. The highest BCUT2D eigenvalue weighted by molar-refractivity contribution is 5.93. The number of anilines is 1. The van der Waals surface area contributed by atoms with Gasteiger partial charge in [-0.15, -0.1) is 0 Å². The van der Waals surface area contributed by atoms with Crippen molar-refractivity contribution in [3.63, 3.8) is 0 Å². The molecule has 1 fully saturated rings. The Morgan fingerprint density at radius 1 is 1.48 bits per heavy atom. The molecule has 0 radical (unpaired) electrons. The van der Waals surface area contributed by atoms with Crippen molar-refractivity contribution in [3.8, 4) is 11.8 Å². The Labute approximate surface area is 147 Å². The van der Waals surface area contributed by atoms with Crippen molar-refractivity contribution in [2.75, 3.05) is 32.1 Å². The van der Waals surface area contributed by atoms with Gasteiger partial charge in [0.15, 0.2) is 11.6 Å².